The highest BCUT2D eigenvalue weighted by atomic mass is 16.1. The number of benzene rings is 1. The smallest absolute Gasteiger partial charge is 0.123 e. The second-order valence-corrected chi connectivity index (χ2v) is 4.16. The number of hydrogen-bond donors (Lipinski definition) is 0. The van der Waals surface area contributed by atoms with Gasteiger partial charge in [0.25, 0.3) is 0 Å². The van der Waals surface area contributed by atoms with Crippen LogP contribution in [0.15, 0.2) is 30.3 Å². The second-order valence-electron chi connectivity index (χ2n) is 4.16. The molecule has 1 aliphatic carbocycles. The summed E-state index contributed by atoms with van der Waals surface area (Å²) in [6.07, 6.45) is 5.75. The van der Waals surface area contributed by atoms with E-state index in [1.807, 2.05) is 6.07 Å². The largest absolute Gasteiger partial charge is 0.303 e. The maximum atomic E-state index is 10.8. The fourth-order valence-corrected chi connectivity index (χ4v) is 1.92. The van der Waals surface area contributed by atoms with Crippen molar-refractivity contribution in [3.63, 3.8) is 0 Å². The first-order valence-electron chi connectivity index (χ1n) is 5.39. The van der Waals surface area contributed by atoms with Gasteiger partial charge in [-0.15, -0.1) is 0 Å². The summed E-state index contributed by atoms with van der Waals surface area (Å²) in [6.45, 7) is 0. The molecule has 0 radical (unpaired) electrons. The molecule has 14 heavy (non-hydrogen) atoms. The van der Waals surface area contributed by atoms with Crippen LogP contribution in [0, 0.1) is 11.8 Å². The van der Waals surface area contributed by atoms with Gasteiger partial charge in [-0.05, 0) is 37.2 Å². The molecular formula is C13H16O. The SMILES string of the molecule is O=CC(CCc1ccccc1)C1CC1. The highest BCUT2D eigenvalue weighted by Gasteiger charge is 2.30. The van der Waals surface area contributed by atoms with E-state index in [2.05, 4.69) is 24.3 Å². The molecule has 0 amide bonds. The minimum Gasteiger partial charge on any atom is -0.303 e. The quantitative estimate of drug-likeness (QED) is 0.649. The molecule has 1 saturated carbocycles. The van der Waals surface area contributed by atoms with E-state index in [9.17, 15) is 4.79 Å². The number of rotatable bonds is 5. The summed E-state index contributed by atoms with van der Waals surface area (Å²) >= 11 is 0. The van der Waals surface area contributed by atoms with Crippen molar-refractivity contribution in [1.29, 1.82) is 0 Å². The lowest BCUT2D eigenvalue weighted by Crippen LogP contribution is -2.05. The van der Waals surface area contributed by atoms with Gasteiger partial charge < -0.3 is 4.79 Å². The third-order valence-electron chi connectivity index (χ3n) is 3.01. The van der Waals surface area contributed by atoms with E-state index in [0.717, 1.165) is 19.1 Å². The van der Waals surface area contributed by atoms with Crippen LogP contribution in [0.4, 0.5) is 0 Å². The Bertz CT molecular complexity index is 287. The van der Waals surface area contributed by atoms with Crippen molar-refractivity contribution in [3.05, 3.63) is 35.9 Å². The van der Waals surface area contributed by atoms with Crippen molar-refractivity contribution in [3.8, 4) is 0 Å². The van der Waals surface area contributed by atoms with Crippen molar-refractivity contribution >= 4 is 6.29 Å². The summed E-state index contributed by atoms with van der Waals surface area (Å²) in [5.74, 6) is 1.02. The lowest BCUT2D eigenvalue weighted by molar-refractivity contribution is -0.111. The molecule has 0 aliphatic heterocycles. The average Bonchev–Trinajstić information content (AvgIpc) is 3.05. The summed E-state index contributed by atoms with van der Waals surface area (Å²) in [6, 6.07) is 10.4. The van der Waals surface area contributed by atoms with Crippen LogP contribution in [-0.2, 0) is 11.2 Å². The Kier molecular flexibility index (Phi) is 2.97. The molecule has 74 valence electrons. The standard InChI is InChI=1S/C13H16O/c14-10-13(12-8-9-12)7-6-11-4-2-1-3-5-11/h1-5,10,12-13H,6-9H2. The lowest BCUT2D eigenvalue weighted by atomic mass is 9.97. The van der Waals surface area contributed by atoms with Crippen molar-refractivity contribution in [2.45, 2.75) is 25.7 Å². The van der Waals surface area contributed by atoms with Crippen LogP contribution in [-0.4, -0.2) is 6.29 Å². The topological polar surface area (TPSA) is 17.1 Å². The predicted octanol–water partition coefficient (Wildman–Crippen LogP) is 2.84. The lowest BCUT2D eigenvalue weighted by Gasteiger charge is -2.07. The molecule has 1 heteroatoms. The third kappa shape index (κ3) is 2.44. The number of hydrogen-bond acceptors (Lipinski definition) is 1. The molecule has 1 unspecified atom stereocenters. The number of carbonyl (C=O) groups excluding carboxylic acids is 1. The predicted molar refractivity (Wildman–Crippen MR) is 57.0 cm³/mol. The molecule has 1 nitrogen and oxygen atoms in total. The summed E-state index contributed by atoms with van der Waals surface area (Å²) in [4.78, 5) is 10.8. The molecule has 0 aromatic heterocycles. The van der Waals surface area contributed by atoms with Gasteiger partial charge in [0, 0.05) is 5.92 Å². The van der Waals surface area contributed by atoms with E-state index < -0.39 is 0 Å². The zero-order chi connectivity index (χ0) is 9.80. The molecule has 1 aromatic carbocycles. The molecule has 2 rings (SSSR count). The van der Waals surface area contributed by atoms with Gasteiger partial charge in [-0.25, -0.2) is 0 Å². The number of aryl methyl sites for hydroxylation is 1. The van der Waals surface area contributed by atoms with Gasteiger partial charge in [0.05, 0.1) is 0 Å². The summed E-state index contributed by atoms with van der Waals surface area (Å²) < 4.78 is 0. The first-order chi connectivity index (χ1) is 6.90. The van der Waals surface area contributed by atoms with Crippen molar-refractivity contribution in [1.82, 2.24) is 0 Å². The van der Waals surface area contributed by atoms with Gasteiger partial charge in [-0.3, -0.25) is 0 Å². The fourth-order valence-electron chi connectivity index (χ4n) is 1.92. The Hall–Kier alpha value is -1.11. The molecule has 0 bridgehead atoms. The van der Waals surface area contributed by atoms with Gasteiger partial charge in [0.1, 0.15) is 6.29 Å². The van der Waals surface area contributed by atoms with Gasteiger partial charge in [0.15, 0.2) is 0 Å². The van der Waals surface area contributed by atoms with E-state index in [4.69, 9.17) is 0 Å². The molecule has 0 saturated heterocycles. The van der Waals surface area contributed by atoms with E-state index >= 15 is 0 Å². The fraction of sp³-hybridized carbons (Fsp3) is 0.462. The van der Waals surface area contributed by atoms with Crippen LogP contribution < -0.4 is 0 Å². The maximum Gasteiger partial charge on any atom is 0.123 e. The molecular weight excluding hydrogens is 172 g/mol. The highest BCUT2D eigenvalue weighted by molar-refractivity contribution is 5.54. The molecule has 0 N–H and O–H groups in total. The van der Waals surface area contributed by atoms with Crippen LogP contribution in [0.5, 0.6) is 0 Å². The summed E-state index contributed by atoms with van der Waals surface area (Å²) in [7, 11) is 0. The van der Waals surface area contributed by atoms with Crippen molar-refractivity contribution in [2.75, 3.05) is 0 Å². The van der Waals surface area contributed by atoms with E-state index in [1.54, 1.807) is 0 Å². The van der Waals surface area contributed by atoms with Crippen molar-refractivity contribution in [2.24, 2.45) is 11.8 Å². The number of carbonyl (C=O) groups is 1. The normalized spacial score (nSPS) is 17.7. The minimum absolute atomic E-state index is 0.315. The Balaban J connectivity index is 1.83. The average molecular weight is 188 g/mol. The second kappa shape index (κ2) is 4.41. The molecule has 0 heterocycles. The molecule has 1 aromatic rings. The molecule has 1 aliphatic rings. The van der Waals surface area contributed by atoms with E-state index in [-0.39, 0.29) is 0 Å². The first kappa shape index (κ1) is 9.45. The zero-order valence-electron chi connectivity index (χ0n) is 8.36. The Morgan fingerprint density at radius 3 is 2.57 bits per heavy atom. The van der Waals surface area contributed by atoms with Crippen LogP contribution in [0.25, 0.3) is 0 Å². The van der Waals surface area contributed by atoms with Gasteiger partial charge in [0.2, 0.25) is 0 Å². The summed E-state index contributed by atoms with van der Waals surface area (Å²) in [5.41, 5.74) is 1.35. The molecule has 1 fully saturated rings. The van der Waals surface area contributed by atoms with Gasteiger partial charge in [-0.1, -0.05) is 30.3 Å². The zero-order valence-corrected chi connectivity index (χ0v) is 8.36. The van der Waals surface area contributed by atoms with Crippen LogP contribution >= 0.6 is 0 Å². The van der Waals surface area contributed by atoms with Crippen LogP contribution in [0.3, 0.4) is 0 Å². The van der Waals surface area contributed by atoms with Crippen molar-refractivity contribution < 1.29 is 4.79 Å². The Morgan fingerprint density at radius 1 is 1.29 bits per heavy atom. The number of aldehydes is 1. The molecule has 1 atom stereocenters. The van der Waals surface area contributed by atoms with E-state index in [1.165, 1.54) is 18.4 Å². The van der Waals surface area contributed by atoms with Gasteiger partial charge in [-0.2, -0.15) is 0 Å². The van der Waals surface area contributed by atoms with Crippen LogP contribution in [0.1, 0.15) is 24.8 Å². The highest BCUT2D eigenvalue weighted by Crippen LogP contribution is 2.37. The minimum atomic E-state index is 0.315. The Labute approximate surface area is 85.1 Å². The maximum absolute atomic E-state index is 10.8. The van der Waals surface area contributed by atoms with Crippen LogP contribution in [0.2, 0.25) is 0 Å². The van der Waals surface area contributed by atoms with E-state index in [0.29, 0.717) is 11.8 Å². The monoisotopic (exact) mass is 188 g/mol. The van der Waals surface area contributed by atoms with Gasteiger partial charge >= 0.3 is 0 Å². The summed E-state index contributed by atoms with van der Waals surface area (Å²) in [5, 5.41) is 0. The Morgan fingerprint density at radius 2 is 2.00 bits per heavy atom. The first-order valence-corrected chi connectivity index (χ1v) is 5.39. The third-order valence-corrected chi connectivity index (χ3v) is 3.01. The molecule has 0 spiro atoms.